The summed E-state index contributed by atoms with van der Waals surface area (Å²) in [5.41, 5.74) is 8.42. The summed E-state index contributed by atoms with van der Waals surface area (Å²) in [7, 11) is 8.54. The van der Waals surface area contributed by atoms with Crippen molar-refractivity contribution < 1.29 is 42.2 Å². The largest absolute Gasteiger partial charge is 0.496 e. The van der Waals surface area contributed by atoms with Crippen molar-refractivity contribution in [2.24, 2.45) is 5.73 Å². The Labute approximate surface area is 375 Å². The van der Waals surface area contributed by atoms with Crippen molar-refractivity contribution in [2.75, 3.05) is 107 Å². The molecule has 0 aliphatic carbocycles. The van der Waals surface area contributed by atoms with Crippen LogP contribution in [0.3, 0.4) is 0 Å². The number of amides is 4. The maximum atomic E-state index is 14.8. The molecular weight excluding hydrogens is 825 g/mol. The van der Waals surface area contributed by atoms with Crippen LogP contribution in [0.25, 0.3) is 0 Å². The summed E-state index contributed by atoms with van der Waals surface area (Å²) in [5.74, 6) is -0.462. The zero-order valence-electron chi connectivity index (χ0n) is 37.6. The number of carbonyl (C=O) groups excluding carboxylic acids is 4. The normalized spacial score (nSPS) is 14.2. The van der Waals surface area contributed by atoms with E-state index in [2.05, 4.69) is 14.5 Å². The number of hydrogen-bond donors (Lipinski definition) is 1. The molecular formula is C48H61F2N7O7. The second-order valence-corrected chi connectivity index (χ2v) is 15.8. The van der Waals surface area contributed by atoms with Gasteiger partial charge < -0.3 is 49.3 Å². The molecule has 0 atom stereocenters. The number of carbonyl (C=O) groups is 4. The van der Waals surface area contributed by atoms with Gasteiger partial charge in [-0.3, -0.25) is 4.79 Å². The lowest BCUT2D eigenvalue weighted by molar-refractivity contribution is 0.0599. The highest BCUT2D eigenvalue weighted by Crippen LogP contribution is 2.23. The molecule has 2 N–H and O–H groups in total. The molecule has 0 radical (unpaired) electrons. The number of nitrogens with two attached hydrogens (primary N) is 1. The molecule has 2 fully saturated rings. The van der Waals surface area contributed by atoms with E-state index in [1.54, 1.807) is 36.2 Å². The first-order valence-electron chi connectivity index (χ1n) is 21.4. The van der Waals surface area contributed by atoms with E-state index < -0.39 is 17.6 Å². The Morgan fingerprint density at radius 1 is 0.578 bits per heavy atom. The van der Waals surface area contributed by atoms with Gasteiger partial charge in [0, 0.05) is 82.1 Å². The Morgan fingerprint density at radius 2 is 0.984 bits per heavy atom. The average molecular weight is 886 g/mol. The Bertz CT molecular complexity index is 2040. The Morgan fingerprint density at radius 3 is 1.38 bits per heavy atom. The fraction of sp³-hybridized carbons (Fsp3) is 0.417. The van der Waals surface area contributed by atoms with Crippen LogP contribution in [0.4, 0.5) is 18.4 Å². The van der Waals surface area contributed by atoms with Crippen molar-refractivity contribution in [2.45, 2.75) is 25.9 Å². The molecule has 4 aromatic rings. The summed E-state index contributed by atoms with van der Waals surface area (Å²) in [5, 5.41) is 0. The number of nitrogens with zero attached hydrogens (tertiary/aromatic N) is 6. The zero-order chi connectivity index (χ0) is 46.2. The van der Waals surface area contributed by atoms with Crippen LogP contribution in [0.1, 0.15) is 43.0 Å². The van der Waals surface area contributed by atoms with Gasteiger partial charge in [-0.1, -0.05) is 54.6 Å². The smallest absolute Gasteiger partial charge is 0.337 e. The summed E-state index contributed by atoms with van der Waals surface area (Å²) in [6, 6.07) is 23.6. The third kappa shape index (κ3) is 13.5. The quantitative estimate of drug-likeness (QED) is 0.122. The molecule has 2 aliphatic rings. The van der Waals surface area contributed by atoms with Crippen molar-refractivity contribution in [3.8, 4) is 11.5 Å². The number of benzene rings is 4. The number of para-hydroxylation sites is 2. The molecule has 0 saturated carbocycles. The lowest BCUT2D eigenvalue weighted by Gasteiger charge is -2.36. The Balaban J connectivity index is 0.000000241. The zero-order valence-corrected chi connectivity index (χ0v) is 37.6. The van der Waals surface area contributed by atoms with Crippen LogP contribution in [0, 0.1) is 11.6 Å². The van der Waals surface area contributed by atoms with E-state index in [4.69, 9.17) is 15.2 Å². The molecule has 4 aromatic carbocycles. The van der Waals surface area contributed by atoms with E-state index in [9.17, 15) is 28.0 Å². The fourth-order valence-electron chi connectivity index (χ4n) is 7.51. The van der Waals surface area contributed by atoms with Gasteiger partial charge in [0.05, 0.1) is 46.5 Å². The molecule has 16 heteroatoms. The molecule has 0 spiro atoms. The molecule has 0 unspecified atom stereocenters. The van der Waals surface area contributed by atoms with E-state index in [0.717, 1.165) is 54.9 Å². The van der Waals surface area contributed by atoms with Crippen LogP contribution < -0.4 is 15.2 Å². The van der Waals surface area contributed by atoms with Crippen molar-refractivity contribution >= 4 is 23.8 Å². The van der Waals surface area contributed by atoms with Crippen LogP contribution in [0.2, 0.25) is 0 Å². The number of rotatable bonds is 15. The standard InChI is InChI=1S/C24H31FN4O3.C24H30FN3O4/c1-27-11-13-28(14-12-27)24(31)29(10-9-18-5-3-4-6-23(18)32-2)17-20-8-7-19(15-21(20)25)22(30)16-26;1-26-12-14-27(15-13-26)24(30)28(11-10-18-6-4-5-7-22(18)31-2)17-20-9-8-19(16-21(20)25)23(29)32-3/h3-8,15H,9-14,16-17,26H2,1-2H3;4-9,16H,10-15,17H2,1-3H3. The van der Waals surface area contributed by atoms with Crippen LogP contribution in [0.15, 0.2) is 84.9 Å². The van der Waals surface area contributed by atoms with Crippen molar-refractivity contribution in [1.29, 1.82) is 0 Å². The molecule has 64 heavy (non-hydrogen) atoms. The van der Waals surface area contributed by atoms with Gasteiger partial charge in [-0.15, -0.1) is 0 Å². The number of Topliss-reactive ketones (excluding diaryl/α,β-unsaturated/α-hetero) is 1. The van der Waals surface area contributed by atoms with Gasteiger partial charge >= 0.3 is 18.0 Å². The fourth-order valence-corrected chi connectivity index (χ4v) is 7.51. The van der Waals surface area contributed by atoms with Crippen molar-refractivity contribution in [1.82, 2.24) is 29.4 Å². The van der Waals surface area contributed by atoms with Gasteiger partial charge in [-0.05, 0) is 68.4 Å². The Hall–Kier alpha value is -6.10. The van der Waals surface area contributed by atoms with Crippen LogP contribution in [-0.4, -0.2) is 161 Å². The van der Waals surface area contributed by atoms with Crippen molar-refractivity contribution in [3.63, 3.8) is 0 Å². The van der Waals surface area contributed by atoms with E-state index >= 15 is 0 Å². The van der Waals surface area contributed by atoms with Crippen LogP contribution in [0.5, 0.6) is 11.5 Å². The van der Waals surface area contributed by atoms with E-state index in [0.29, 0.717) is 63.2 Å². The van der Waals surface area contributed by atoms with Gasteiger partial charge in [-0.2, -0.15) is 0 Å². The first-order valence-corrected chi connectivity index (χ1v) is 21.4. The highest BCUT2D eigenvalue weighted by molar-refractivity contribution is 5.97. The van der Waals surface area contributed by atoms with Gasteiger partial charge in [0.2, 0.25) is 0 Å². The summed E-state index contributed by atoms with van der Waals surface area (Å²) >= 11 is 0. The van der Waals surface area contributed by atoms with E-state index in [1.807, 2.05) is 72.4 Å². The first kappa shape index (κ1) is 48.9. The number of ether oxygens (including phenoxy) is 3. The van der Waals surface area contributed by atoms with Gasteiger partial charge in [0.15, 0.2) is 5.78 Å². The Kier molecular flexibility index (Phi) is 18.4. The minimum absolute atomic E-state index is 0.105. The van der Waals surface area contributed by atoms with Crippen LogP contribution >= 0.6 is 0 Å². The number of ketones is 1. The van der Waals surface area contributed by atoms with Gasteiger partial charge in [-0.25, -0.2) is 23.2 Å². The summed E-state index contributed by atoms with van der Waals surface area (Å²) in [4.78, 5) is 61.4. The molecule has 14 nitrogen and oxygen atoms in total. The molecule has 0 bridgehead atoms. The highest BCUT2D eigenvalue weighted by Gasteiger charge is 2.27. The number of halogens is 2. The minimum Gasteiger partial charge on any atom is -0.496 e. The molecule has 344 valence electrons. The van der Waals surface area contributed by atoms with Crippen molar-refractivity contribution in [3.05, 3.63) is 130 Å². The maximum absolute atomic E-state index is 14.8. The second kappa shape index (κ2) is 24.1. The van der Waals surface area contributed by atoms with Gasteiger partial charge in [0.25, 0.3) is 0 Å². The molecule has 2 heterocycles. The number of likely N-dealkylation sites (N-methyl/N-ethyl adjacent to an activating group) is 2. The topological polar surface area (TPSA) is 141 Å². The maximum Gasteiger partial charge on any atom is 0.337 e. The number of urea groups is 2. The molecule has 0 aromatic heterocycles. The van der Waals surface area contributed by atoms with Crippen LogP contribution in [-0.2, 0) is 30.7 Å². The lowest BCUT2D eigenvalue weighted by Crippen LogP contribution is -2.52. The summed E-state index contributed by atoms with van der Waals surface area (Å²) in [6.07, 6.45) is 1.15. The van der Waals surface area contributed by atoms with Gasteiger partial charge in [0.1, 0.15) is 23.1 Å². The number of esters is 1. The molecule has 4 amide bonds. The minimum atomic E-state index is -0.600. The third-order valence-electron chi connectivity index (χ3n) is 11.5. The third-order valence-corrected chi connectivity index (χ3v) is 11.5. The monoisotopic (exact) mass is 885 g/mol. The SMILES string of the molecule is COC(=O)c1ccc(CN(CCc2ccccc2OC)C(=O)N2CCN(C)CC2)c(F)c1.COc1ccccc1CCN(Cc1ccc(C(=O)CN)cc1F)C(=O)N1CCN(C)CC1. The summed E-state index contributed by atoms with van der Waals surface area (Å²) < 4.78 is 45.0. The predicted molar refractivity (Wildman–Crippen MR) is 241 cm³/mol. The number of piperazine rings is 2. The molecule has 2 aliphatic heterocycles. The van der Waals surface area contributed by atoms with E-state index in [1.165, 1.54) is 25.3 Å². The lowest BCUT2D eigenvalue weighted by atomic mass is 10.1. The summed E-state index contributed by atoms with van der Waals surface area (Å²) in [6.45, 7) is 6.59. The second-order valence-electron chi connectivity index (χ2n) is 15.8. The van der Waals surface area contributed by atoms with E-state index in [-0.39, 0.29) is 48.6 Å². The first-order chi connectivity index (χ1) is 30.8. The number of hydrogen-bond acceptors (Lipinski definition) is 10. The highest BCUT2D eigenvalue weighted by atomic mass is 19.1. The average Bonchev–Trinajstić information content (AvgIpc) is 3.32. The molecule has 6 rings (SSSR count). The predicted octanol–water partition coefficient (Wildman–Crippen LogP) is 5.42. The molecule has 2 saturated heterocycles. The number of methoxy groups -OCH3 is 3.